The van der Waals surface area contributed by atoms with Crippen molar-refractivity contribution >= 4 is 27.3 Å². The smallest absolute Gasteiger partial charge is 0.114 e. The molecule has 1 aliphatic carbocycles. The second-order valence-corrected chi connectivity index (χ2v) is 6.60. The second kappa shape index (κ2) is 5.11. The number of benzene rings is 1. The first-order chi connectivity index (χ1) is 8.75. The van der Waals surface area contributed by atoms with E-state index in [-0.39, 0.29) is 6.04 Å². The van der Waals surface area contributed by atoms with Gasteiger partial charge in [0.1, 0.15) is 5.01 Å². The lowest BCUT2D eigenvalue weighted by Gasteiger charge is -2.10. The van der Waals surface area contributed by atoms with Crippen molar-refractivity contribution in [2.75, 3.05) is 0 Å². The molecule has 0 bridgehead atoms. The molecule has 94 valence electrons. The van der Waals surface area contributed by atoms with Gasteiger partial charge in [0.2, 0.25) is 0 Å². The third-order valence-electron chi connectivity index (χ3n) is 3.37. The molecule has 0 aliphatic heterocycles. The lowest BCUT2D eigenvalue weighted by Crippen LogP contribution is -2.12. The summed E-state index contributed by atoms with van der Waals surface area (Å²) in [6.07, 6.45) is 4.85. The van der Waals surface area contributed by atoms with Gasteiger partial charge in [0.15, 0.2) is 0 Å². The van der Waals surface area contributed by atoms with Crippen LogP contribution in [0.2, 0.25) is 0 Å². The van der Waals surface area contributed by atoms with Gasteiger partial charge in [-0.05, 0) is 37.3 Å². The van der Waals surface area contributed by atoms with E-state index >= 15 is 0 Å². The van der Waals surface area contributed by atoms with Crippen molar-refractivity contribution in [2.24, 2.45) is 5.73 Å². The van der Waals surface area contributed by atoms with Crippen LogP contribution in [-0.4, -0.2) is 4.98 Å². The zero-order valence-electron chi connectivity index (χ0n) is 10.0. The summed E-state index contributed by atoms with van der Waals surface area (Å²) in [6, 6.07) is 8.01. The summed E-state index contributed by atoms with van der Waals surface area (Å²) in [5, 5.41) is 1.05. The van der Waals surface area contributed by atoms with E-state index in [9.17, 15) is 0 Å². The predicted octanol–water partition coefficient (Wildman–Crippen LogP) is 3.83. The molecule has 1 heterocycles. The monoisotopic (exact) mass is 322 g/mol. The molecule has 18 heavy (non-hydrogen) atoms. The van der Waals surface area contributed by atoms with Crippen LogP contribution in [0.5, 0.6) is 0 Å². The van der Waals surface area contributed by atoms with Gasteiger partial charge in [-0.3, -0.25) is 0 Å². The Bertz CT molecular complexity index is 541. The van der Waals surface area contributed by atoms with E-state index in [1.54, 1.807) is 11.3 Å². The highest BCUT2D eigenvalue weighted by molar-refractivity contribution is 9.10. The molecule has 0 fully saturated rings. The topological polar surface area (TPSA) is 38.9 Å². The van der Waals surface area contributed by atoms with Gasteiger partial charge in [0.05, 0.1) is 11.7 Å². The third-order valence-corrected chi connectivity index (χ3v) is 5.33. The van der Waals surface area contributed by atoms with Gasteiger partial charge in [0, 0.05) is 9.35 Å². The minimum absolute atomic E-state index is 0.115. The molecule has 2 N–H and O–H groups in total. The van der Waals surface area contributed by atoms with Gasteiger partial charge in [-0.1, -0.05) is 34.1 Å². The zero-order valence-corrected chi connectivity index (χ0v) is 12.4. The lowest BCUT2D eigenvalue weighted by molar-refractivity contribution is 0.678. The zero-order chi connectivity index (χ0) is 12.5. The van der Waals surface area contributed by atoms with Crippen molar-refractivity contribution in [3.8, 4) is 0 Å². The minimum Gasteiger partial charge on any atom is -0.318 e. The Labute approximate surface area is 119 Å². The fourth-order valence-electron chi connectivity index (χ4n) is 2.37. The van der Waals surface area contributed by atoms with Crippen LogP contribution in [0.4, 0.5) is 0 Å². The van der Waals surface area contributed by atoms with Crippen molar-refractivity contribution in [1.29, 1.82) is 0 Å². The standard InChI is InChI=1S/C14H15BrN2S/c15-10-6-2-1-5-9(10)13(16)14-17-11-7-3-4-8-12(11)18-14/h1-2,5-6,13H,3-4,7-8,16H2. The molecule has 4 heteroatoms. The Morgan fingerprint density at radius 2 is 2.00 bits per heavy atom. The number of nitrogens with two attached hydrogens (primary N) is 1. The SMILES string of the molecule is NC(c1nc2c(s1)CCCC2)c1ccccc1Br. The van der Waals surface area contributed by atoms with Crippen molar-refractivity contribution in [3.05, 3.63) is 49.9 Å². The average molecular weight is 323 g/mol. The van der Waals surface area contributed by atoms with E-state index < -0.39 is 0 Å². The van der Waals surface area contributed by atoms with Gasteiger partial charge in [0.25, 0.3) is 0 Å². The first-order valence-corrected chi connectivity index (χ1v) is 7.85. The number of aromatic nitrogens is 1. The van der Waals surface area contributed by atoms with Crippen molar-refractivity contribution < 1.29 is 0 Å². The van der Waals surface area contributed by atoms with Crippen molar-refractivity contribution in [3.63, 3.8) is 0 Å². The van der Waals surface area contributed by atoms with E-state index in [2.05, 4.69) is 22.0 Å². The van der Waals surface area contributed by atoms with E-state index in [0.29, 0.717) is 0 Å². The van der Waals surface area contributed by atoms with Crippen LogP contribution in [0, 0.1) is 0 Å². The van der Waals surface area contributed by atoms with Gasteiger partial charge >= 0.3 is 0 Å². The van der Waals surface area contributed by atoms with Crippen LogP contribution in [0.15, 0.2) is 28.7 Å². The maximum Gasteiger partial charge on any atom is 0.114 e. The van der Waals surface area contributed by atoms with Crippen LogP contribution in [0.3, 0.4) is 0 Å². The highest BCUT2D eigenvalue weighted by Gasteiger charge is 2.20. The largest absolute Gasteiger partial charge is 0.318 e. The molecule has 2 aromatic rings. The van der Waals surface area contributed by atoms with E-state index in [1.807, 2.05) is 18.2 Å². The predicted molar refractivity (Wildman–Crippen MR) is 78.9 cm³/mol. The van der Waals surface area contributed by atoms with Crippen LogP contribution in [-0.2, 0) is 12.8 Å². The molecule has 2 nitrogen and oxygen atoms in total. The first kappa shape index (κ1) is 12.3. The summed E-state index contributed by atoms with van der Waals surface area (Å²) in [4.78, 5) is 6.18. The Kier molecular flexibility index (Phi) is 3.50. The molecule has 0 radical (unpaired) electrons. The minimum atomic E-state index is -0.115. The molecule has 1 aromatic carbocycles. The number of thiazole rings is 1. The molecular weight excluding hydrogens is 308 g/mol. The molecule has 0 spiro atoms. The fourth-order valence-corrected chi connectivity index (χ4v) is 4.07. The highest BCUT2D eigenvalue weighted by atomic mass is 79.9. The van der Waals surface area contributed by atoms with Crippen LogP contribution in [0.1, 0.15) is 40.0 Å². The number of fused-ring (bicyclic) bond motifs is 1. The third kappa shape index (κ3) is 2.25. The Balaban J connectivity index is 1.95. The summed E-state index contributed by atoms with van der Waals surface area (Å²) < 4.78 is 1.06. The maximum atomic E-state index is 6.35. The summed E-state index contributed by atoms with van der Waals surface area (Å²) >= 11 is 5.35. The van der Waals surface area contributed by atoms with Crippen molar-refractivity contribution in [2.45, 2.75) is 31.7 Å². The van der Waals surface area contributed by atoms with Crippen molar-refractivity contribution in [1.82, 2.24) is 4.98 Å². The number of aryl methyl sites for hydroxylation is 2. The molecule has 1 atom stereocenters. The van der Waals surface area contributed by atoms with Crippen LogP contribution in [0.25, 0.3) is 0 Å². The molecule has 3 rings (SSSR count). The summed E-state index contributed by atoms with van der Waals surface area (Å²) in [5.74, 6) is 0. The molecule has 0 saturated heterocycles. The number of halogens is 1. The lowest BCUT2D eigenvalue weighted by atomic mass is 10.0. The summed E-state index contributed by atoms with van der Waals surface area (Å²) in [7, 11) is 0. The van der Waals surface area contributed by atoms with Gasteiger partial charge in [-0.25, -0.2) is 4.98 Å². The van der Waals surface area contributed by atoms with Crippen LogP contribution < -0.4 is 5.73 Å². The quantitative estimate of drug-likeness (QED) is 0.912. The summed E-state index contributed by atoms with van der Waals surface area (Å²) in [6.45, 7) is 0. The molecule has 1 unspecified atom stereocenters. The first-order valence-electron chi connectivity index (χ1n) is 6.24. The second-order valence-electron chi connectivity index (χ2n) is 4.63. The average Bonchev–Trinajstić information content (AvgIpc) is 2.82. The van der Waals surface area contributed by atoms with E-state index in [4.69, 9.17) is 10.7 Å². The van der Waals surface area contributed by atoms with Gasteiger partial charge < -0.3 is 5.73 Å². The number of hydrogen-bond donors (Lipinski definition) is 1. The molecule has 1 aromatic heterocycles. The van der Waals surface area contributed by atoms with Crippen LogP contribution >= 0.6 is 27.3 Å². The maximum absolute atomic E-state index is 6.35. The normalized spacial score (nSPS) is 16.3. The highest BCUT2D eigenvalue weighted by Crippen LogP contribution is 2.33. The molecule has 0 saturated carbocycles. The fraction of sp³-hybridized carbons (Fsp3) is 0.357. The Hall–Kier alpha value is -0.710. The van der Waals surface area contributed by atoms with E-state index in [1.165, 1.54) is 29.8 Å². The Morgan fingerprint density at radius 3 is 2.78 bits per heavy atom. The van der Waals surface area contributed by atoms with Gasteiger partial charge in [-0.15, -0.1) is 11.3 Å². The Morgan fingerprint density at radius 1 is 1.22 bits per heavy atom. The number of hydrogen-bond acceptors (Lipinski definition) is 3. The molecular formula is C14H15BrN2S. The number of rotatable bonds is 2. The van der Waals surface area contributed by atoms with Gasteiger partial charge in [-0.2, -0.15) is 0 Å². The molecule has 1 aliphatic rings. The van der Waals surface area contributed by atoms with E-state index in [0.717, 1.165) is 21.5 Å². The summed E-state index contributed by atoms with van der Waals surface area (Å²) in [5.41, 5.74) is 8.74. The number of nitrogens with zero attached hydrogens (tertiary/aromatic N) is 1. The molecule has 0 amide bonds.